The first-order valence-electron chi connectivity index (χ1n) is 7.75. The molecule has 6 heteroatoms. The van der Waals surface area contributed by atoms with Gasteiger partial charge in [-0.3, -0.25) is 4.79 Å². The molecule has 24 heavy (non-hydrogen) atoms. The van der Waals surface area contributed by atoms with E-state index in [1.807, 2.05) is 35.4 Å². The van der Waals surface area contributed by atoms with Gasteiger partial charge in [0.1, 0.15) is 5.75 Å². The SMILES string of the molecule is CSc1ccc(Cl)c(C(=O)N2CCN(c3ccc(O)cc3)CC2)c1. The Hall–Kier alpha value is -1.85. The fourth-order valence-corrected chi connectivity index (χ4v) is 3.43. The molecule has 0 spiro atoms. The van der Waals surface area contributed by atoms with Gasteiger partial charge in [-0.25, -0.2) is 0 Å². The van der Waals surface area contributed by atoms with Crippen LogP contribution in [0.15, 0.2) is 47.4 Å². The van der Waals surface area contributed by atoms with Crippen molar-refractivity contribution in [1.82, 2.24) is 4.90 Å². The molecule has 1 aliphatic heterocycles. The van der Waals surface area contributed by atoms with Gasteiger partial charge in [-0.1, -0.05) is 11.6 Å². The van der Waals surface area contributed by atoms with E-state index in [4.69, 9.17) is 11.6 Å². The van der Waals surface area contributed by atoms with E-state index < -0.39 is 0 Å². The van der Waals surface area contributed by atoms with Crippen LogP contribution in [-0.2, 0) is 0 Å². The zero-order valence-corrected chi connectivity index (χ0v) is 15.0. The minimum Gasteiger partial charge on any atom is -0.508 e. The van der Waals surface area contributed by atoms with Gasteiger partial charge in [-0.05, 0) is 48.7 Å². The number of hydrogen-bond donors (Lipinski definition) is 1. The van der Waals surface area contributed by atoms with Crippen LogP contribution in [0.2, 0.25) is 5.02 Å². The summed E-state index contributed by atoms with van der Waals surface area (Å²) in [5, 5.41) is 9.88. The third kappa shape index (κ3) is 3.62. The summed E-state index contributed by atoms with van der Waals surface area (Å²) in [6.07, 6.45) is 1.98. The maximum absolute atomic E-state index is 12.8. The normalized spacial score (nSPS) is 14.8. The standard InChI is InChI=1S/C18H19ClN2O2S/c1-24-15-6-7-17(19)16(12-15)18(23)21-10-8-20(9-11-21)13-2-4-14(22)5-3-13/h2-7,12,22H,8-11H2,1H3. The molecule has 2 aromatic carbocycles. The van der Waals surface area contributed by atoms with Crippen molar-refractivity contribution in [3.8, 4) is 5.75 Å². The summed E-state index contributed by atoms with van der Waals surface area (Å²) in [7, 11) is 0. The number of thioether (sulfide) groups is 1. The molecular weight excluding hydrogens is 344 g/mol. The van der Waals surface area contributed by atoms with Crippen molar-refractivity contribution in [1.29, 1.82) is 0 Å². The Bertz CT molecular complexity index is 728. The van der Waals surface area contributed by atoms with Crippen LogP contribution in [0.5, 0.6) is 5.75 Å². The van der Waals surface area contributed by atoms with E-state index in [1.165, 1.54) is 0 Å². The minimum atomic E-state index is -0.0127. The molecule has 0 atom stereocenters. The molecular formula is C18H19ClN2O2S. The average Bonchev–Trinajstić information content (AvgIpc) is 2.62. The number of phenols is 1. The number of rotatable bonds is 3. The first kappa shape index (κ1) is 17.0. The lowest BCUT2D eigenvalue weighted by atomic mass is 10.1. The van der Waals surface area contributed by atoms with E-state index >= 15 is 0 Å². The van der Waals surface area contributed by atoms with E-state index in [-0.39, 0.29) is 11.7 Å². The van der Waals surface area contributed by atoms with Crippen molar-refractivity contribution in [3.63, 3.8) is 0 Å². The number of anilines is 1. The van der Waals surface area contributed by atoms with Crippen LogP contribution >= 0.6 is 23.4 Å². The molecule has 1 saturated heterocycles. The largest absolute Gasteiger partial charge is 0.508 e. The number of carbonyl (C=O) groups is 1. The lowest BCUT2D eigenvalue weighted by molar-refractivity contribution is 0.0746. The second kappa shape index (κ2) is 7.36. The van der Waals surface area contributed by atoms with Crippen LogP contribution < -0.4 is 4.90 Å². The second-order valence-corrected chi connectivity index (χ2v) is 6.93. The van der Waals surface area contributed by atoms with E-state index in [0.29, 0.717) is 23.7 Å². The summed E-state index contributed by atoms with van der Waals surface area (Å²) < 4.78 is 0. The van der Waals surface area contributed by atoms with E-state index in [1.54, 1.807) is 30.0 Å². The Morgan fingerprint density at radius 1 is 1.08 bits per heavy atom. The van der Waals surface area contributed by atoms with Crippen molar-refractivity contribution < 1.29 is 9.90 Å². The number of benzene rings is 2. The van der Waals surface area contributed by atoms with Gasteiger partial charge in [0, 0.05) is 36.8 Å². The monoisotopic (exact) mass is 362 g/mol. The summed E-state index contributed by atoms with van der Waals surface area (Å²) >= 11 is 7.81. The molecule has 2 aromatic rings. The maximum Gasteiger partial charge on any atom is 0.255 e. The van der Waals surface area contributed by atoms with Crippen molar-refractivity contribution in [2.75, 3.05) is 37.3 Å². The highest BCUT2D eigenvalue weighted by molar-refractivity contribution is 7.98. The first-order chi connectivity index (χ1) is 11.6. The Morgan fingerprint density at radius 3 is 2.38 bits per heavy atom. The summed E-state index contributed by atoms with van der Waals surface area (Å²) in [5.41, 5.74) is 1.63. The van der Waals surface area contributed by atoms with Crippen LogP contribution in [0.4, 0.5) is 5.69 Å². The minimum absolute atomic E-state index is 0.0127. The Kier molecular flexibility index (Phi) is 5.21. The quantitative estimate of drug-likeness (QED) is 0.845. The summed E-state index contributed by atoms with van der Waals surface area (Å²) in [5.74, 6) is 0.247. The molecule has 1 fully saturated rings. The van der Waals surface area contributed by atoms with Gasteiger partial charge in [0.2, 0.25) is 0 Å². The van der Waals surface area contributed by atoms with Crippen molar-refractivity contribution in [2.45, 2.75) is 4.90 Å². The predicted octanol–water partition coefficient (Wildman–Crippen LogP) is 3.73. The fourth-order valence-electron chi connectivity index (χ4n) is 2.80. The maximum atomic E-state index is 12.8. The number of aromatic hydroxyl groups is 1. The molecule has 1 heterocycles. The van der Waals surface area contributed by atoms with Crippen molar-refractivity contribution >= 4 is 35.0 Å². The molecule has 0 saturated carbocycles. The van der Waals surface area contributed by atoms with Crippen molar-refractivity contribution in [2.24, 2.45) is 0 Å². The molecule has 3 rings (SSSR count). The second-order valence-electron chi connectivity index (χ2n) is 5.64. The molecule has 4 nitrogen and oxygen atoms in total. The van der Waals surface area contributed by atoms with Crippen LogP contribution in [-0.4, -0.2) is 48.3 Å². The fraction of sp³-hybridized carbons (Fsp3) is 0.278. The number of nitrogens with zero attached hydrogens (tertiary/aromatic N) is 2. The average molecular weight is 363 g/mol. The lowest BCUT2D eigenvalue weighted by Crippen LogP contribution is -2.48. The molecule has 0 radical (unpaired) electrons. The van der Waals surface area contributed by atoms with Gasteiger partial charge in [0.15, 0.2) is 0 Å². The smallest absolute Gasteiger partial charge is 0.255 e. The molecule has 0 aliphatic carbocycles. The van der Waals surface area contributed by atoms with Gasteiger partial charge >= 0.3 is 0 Å². The van der Waals surface area contributed by atoms with Gasteiger partial charge in [-0.2, -0.15) is 0 Å². The summed E-state index contributed by atoms with van der Waals surface area (Å²) in [6, 6.07) is 12.7. The lowest BCUT2D eigenvalue weighted by Gasteiger charge is -2.36. The Morgan fingerprint density at radius 2 is 1.75 bits per heavy atom. The molecule has 1 amide bonds. The zero-order chi connectivity index (χ0) is 17.1. The third-order valence-corrected chi connectivity index (χ3v) is 5.24. The number of hydrogen-bond acceptors (Lipinski definition) is 4. The topological polar surface area (TPSA) is 43.8 Å². The molecule has 0 unspecified atom stereocenters. The van der Waals surface area contributed by atoms with Gasteiger partial charge < -0.3 is 14.9 Å². The molecule has 126 valence electrons. The molecule has 1 aliphatic rings. The number of halogens is 1. The number of carbonyl (C=O) groups excluding carboxylic acids is 1. The highest BCUT2D eigenvalue weighted by Gasteiger charge is 2.24. The van der Waals surface area contributed by atoms with Crippen LogP contribution in [0.3, 0.4) is 0 Å². The molecule has 0 aromatic heterocycles. The van der Waals surface area contributed by atoms with E-state index in [2.05, 4.69) is 4.90 Å². The van der Waals surface area contributed by atoms with Crippen molar-refractivity contribution in [3.05, 3.63) is 53.1 Å². The Balaban J connectivity index is 1.68. The van der Waals surface area contributed by atoms with E-state index in [9.17, 15) is 9.90 Å². The zero-order valence-electron chi connectivity index (χ0n) is 13.4. The number of piperazine rings is 1. The van der Waals surface area contributed by atoms with Crippen LogP contribution in [0, 0.1) is 0 Å². The first-order valence-corrected chi connectivity index (χ1v) is 9.35. The van der Waals surface area contributed by atoms with Crippen LogP contribution in [0.1, 0.15) is 10.4 Å². The van der Waals surface area contributed by atoms with Gasteiger partial charge in [0.05, 0.1) is 10.6 Å². The molecule has 1 N–H and O–H groups in total. The number of phenolic OH excluding ortho intramolecular Hbond substituents is 1. The van der Waals surface area contributed by atoms with E-state index in [0.717, 1.165) is 23.7 Å². The van der Waals surface area contributed by atoms with Crippen LogP contribution in [0.25, 0.3) is 0 Å². The predicted molar refractivity (Wildman–Crippen MR) is 99.5 cm³/mol. The number of amides is 1. The summed E-state index contributed by atoms with van der Waals surface area (Å²) in [6.45, 7) is 2.83. The summed E-state index contributed by atoms with van der Waals surface area (Å²) in [4.78, 5) is 17.9. The Labute approximate surface area is 151 Å². The van der Waals surface area contributed by atoms with Gasteiger partial charge in [0.25, 0.3) is 5.91 Å². The third-order valence-electron chi connectivity index (χ3n) is 4.19. The van der Waals surface area contributed by atoms with Gasteiger partial charge in [-0.15, -0.1) is 11.8 Å². The molecule has 0 bridgehead atoms. The highest BCUT2D eigenvalue weighted by Crippen LogP contribution is 2.25. The highest BCUT2D eigenvalue weighted by atomic mass is 35.5.